The molecule has 9 heteroatoms. The number of ether oxygens (including phenoxy) is 2. The number of carbonyl (C=O) groups excluding carboxylic acids is 1. The summed E-state index contributed by atoms with van der Waals surface area (Å²) in [5.74, 6) is 1.00. The quantitative estimate of drug-likeness (QED) is 0.164. The van der Waals surface area contributed by atoms with Gasteiger partial charge in [0.05, 0.1) is 24.2 Å². The fourth-order valence-corrected chi connectivity index (χ4v) is 13.0. The Bertz CT molecular complexity index is 1610. The Balaban J connectivity index is 1.60. The van der Waals surface area contributed by atoms with Crippen molar-refractivity contribution in [2.75, 3.05) is 32.8 Å². The molecule has 0 radical (unpaired) electrons. The number of hydrogen-bond acceptors (Lipinski definition) is 6. The first-order valence-electron chi connectivity index (χ1n) is 15.5. The third-order valence-electron chi connectivity index (χ3n) is 8.77. The molecule has 1 aliphatic heterocycles. The van der Waals surface area contributed by atoms with Crippen LogP contribution in [-0.2, 0) is 9.22 Å². The van der Waals surface area contributed by atoms with Gasteiger partial charge in [-0.2, -0.15) is 0 Å². The topological polar surface area (TPSA) is 77.0 Å². The predicted octanol–water partition coefficient (Wildman–Crippen LogP) is 7.22. The van der Waals surface area contributed by atoms with Crippen LogP contribution in [0.4, 0.5) is 5.69 Å². The number of fused-ring (bicyclic) bond motifs is 1. The zero-order valence-corrected chi connectivity index (χ0v) is 29.6. The van der Waals surface area contributed by atoms with Crippen LogP contribution in [0.5, 0.6) is 11.5 Å². The minimum Gasteiger partial charge on any atom is -0.493 e. The summed E-state index contributed by atoms with van der Waals surface area (Å²) in [4.78, 5) is 14.3. The zero-order chi connectivity index (χ0) is 33.0. The molecule has 0 unspecified atom stereocenters. The van der Waals surface area contributed by atoms with E-state index >= 15 is 0 Å². The number of halogens is 1. The third kappa shape index (κ3) is 6.46. The fourth-order valence-electron chi connectivity index (χ4n) is 6.57. The summed E-state index contributed by atoms with van der Waals surface area (Å²) in [5.41, 5.74) is 2.37. The number of aliphatic hydroxyl groups excluding tert-OH is 1. The first-order chi connectivity index (χ1) is 22.1. The monoisotopic (exact) mass is 675 g/mol. The summed E-state index contributed by atoms with van der Waals surface area (Å²) in [6.07, 6.45) is 0.608. The highest BCUT2D eigenvalue weighted by Crippen LogP contribution is 2.54. The molecule has 4 aromatic rings. The van der Waals surface area contributed by atoms with Crippen molar-refractivity contribution >= 4 is 53.6 Å². The first-order valence-corrected chi connectivity index (χ1v) is 18.6. The molecule has 4 aromatic carbocycles. The Labute approximate surface area is 282 Å². The molecule has 5 rings (SSSR count). The van der Waals surface area contributed by atoms with Gasteiger partial charge in [0.25, 0.3) is 8.32 Å². The van der Waals surface area contributed by atoms with Crippen LogP contribution >= 0.6 is 23.4 Å². The molecule has 1 heterocycles. The van der Waals surface area contributed by atoms with Gasteiger partial charge in [-0.3, -0.25) is 4.79 Å². The van der Waals surface area contributed by atoms with Crippen molar-refractivity contribution in [3.63, 3.8) is 0 Å². The second kappa shape index (κ2) is 14.2. The van der Waals surface area contributed by atoms with Gasteiger partial charge in [0.2, 0.25) is 5.91 Å². The van der Waals surface area contributed by atoms with Crippen LogP contribution in [0.1, 0.15) is 50.0 Å². The van der Waals surface area contributed by atoms with E-state index in [2.05, 4.69) is 74.6 Å². The molecule has 6 nitrogen and oxygen atoms in total. The van der Waals surface area contributed by atoms with Crippen molar-refractivity contribution in [1.82, 2.24) is 0 Å². The first kappa shape index (κ1) is 34.1. The molecule has 1 amide bonds. The van der Waals surface area contributed by atoms with Gasteiger partial charge in [0.1, 0.15) is 0 Å². The maximum Gasteiger partial charge on any atom is 0.261 e. The average molecular weight is 676 g/mol. The number of hydrogen-bond donors (Lipinski definition) is 2. The van der Waals surface area contributed by atoms with Gasteiger partial charge < -0.3 is 24.3 Å². The summed E-state index contributed by atoms with van der Waals surface area (Å²) >= 11 is 8.05. The van der Waals surface area contributed by atoms with Crippen molar-refractivity contribution in [2.24, 2.45) is 0 Å². The van der Waals surface area contributed by atoms with Gasteiger partial charge in [0, 0.05) is 29.5 Å². The minimum absolute atomic E-state index is 0.168. The number of anilines is 1. The Hall–Kier alpha value is -3.27. The SMILES string of the molecule is COc1cccc([C@@H]2S[C@](CCO)(CCO[Si](c3ccccc3)(c3ccccc3)C(C)(C)C)C(=O)Nc3ccc(Cl)cc32)c1OC. The Morgan fingerprint density at radius 1 is 0.870 bits per heavy atom. The fraction of sp³-hybridized carbons (Fsp3) is 0.324. The highest BCUT2D eigenvalue weighted by Gasteiger charge is 2.51. The number of carbonyl (C=O) groups is 1. The van der Waals surface area contributed by atoms with E-state index in [1.54, 1.807) is 20.3 Å². The number of thioether (sulfide) groups is 1. The van der Waals surface area contributed by atoms with Gasteiger partial charge in [0.15, 0.2) is 11.5 Å². The molecule has 242 valence electrons. The highest BCUT2D eigenvalue weighted by atomic mass is 35.5. The molecule has 0 aliphatic carbocycles. The summed E-state index contributed by atoms with van der Waals surface area (Å²) in [6, 6.07) is 32.2. The Morgan fingerprint density at radius 2 is 1.52 bits per heavy atom. The van der Waals surface area contributed by atoms with E-state index in [1.807, 2.05) is 42.5 Å². The van der Waals surface area contributed by atoms with Gasteiger partial charge in [-0.05, 0) is 58.1 Å². The summed E-state index contributed by atoms with van der Waals surface area (Å²) < 4.78 is 17.7. The molecule has 1 aliphatic rings. The summed E-state index contributed by atoms with van der Waals surface area (Å²) in [7, 11) is 0.361. The number of benzene rings is 4. The molecule has 2 atom stereocenters. The van der Waals surface area contributed by atoms with E-state index in [-0.39, 0.29) is 29.2 Å². The lowest BCUT2D eigenvalue weighted by Gasteiger charge is -2.44. The second-order valence-corrected chi connectivity index (χ2v) is 18.7. The smallest absolute Gasteiger partial charge is 0.261 e. The van der Waals surface area contributed by atoms with Crippen LogP contribution in [0.3, 0.4) is 0 Å². The van der Waals surface area contributed by atoms with Crippen LogP contribution in [0.25, 0.3) is 0 Å². The van der Waals surface area contributed by atoms with Crippen molar-refractivity contribution in [3.8, 4) is 11.5 Å². The molecular weight excluding hydrogens is 634 g/mol. The maximum absolute atomic E-state index is 14.3. The van der Waals surface area contributed by atoms with Crippen LogP contribution in [0.2, 0.25) is 10.1 Å². The lowest BCUT2D eigenvalue weighted by atomic mass is 9.99. The standard InChI is InChI=1S/C37H42ClNO5SSi/c1-36(2,3)46(27-13-8-6-9-14-27,28-15-10-7-11-16-28)44-24-22-37(21-23-40)35(41)39-31-20-19-26(38)25-30(31)34(45-37)29-17-12-18-32(42-4)33(29)43-5/h6-20,25,34,40H,21-24H2,1-5H3,(H,39,41)/t34-,37+/m0/s1. The van der Waals surface area contributed by atoms with Crippen LogP contribution in [-0.4, -0.2) is 51.5 Å². The third-order valence-corrected chi connectivity index (χ3v) is 15.8. The minimum atomic E-state index is -2.86. The molecule has 0 fully saturated rings. The van der Waals surface area contributed by atoms with Gasteiger partial charge in [-0.1, -0.05) is 105 Å². The predicted molar refractivity (Wildman–Crippen MR) is 192 cm³/mol. The average Bonchev–Trinajstić information content (AvgIpc) is 3.17. The van der Waals surface area contributed by atoms with Crippen molar-refractivity contribution < 1.29 is 23.8 Å². The van der Waals surface area contributed by atoms with Crippen molar-refractivity contribution in [3.05, 3.63) is 113 Å². The van der Waals surface area contributed by atoms with E-state index in [4.69, 9.17) is 25.5 Å². The number of aliphatic hydroxyl groups is 1. The van der Waals surface area contributed by atoms with E-state index < -0.39 is 13.1 Å². The molecule has 0 saturated heterocycles. The van der Waals surface area contributed by atoms with Crippen LogP contribution in [0.15, 0.2) is 97.1 Å². The molecule has 0 saturated carbocycles. The maximum atomic E-state index is 14.3. The van der Waals surface area contributed by atoms with Crippen molar-refractivity contribution in [1.29, 1.82) is 0 Å². The van der Waals surface area contributed by atoms with E-state index in [0.717, 1.165) is 11.1 Å². The molecule has 0 spiro atoms. The number of nitrogens with one attached hydrogen (secondary N) is 1. The van der Waals surface area contributed by atoms with Gasteiger partial charge >= 0.3 is 0 Å². The van der Waals surface area contributed by atoms with Crippen molar-refractivity contribution in [2.45, 2.75) is 48.6 Å². The van der Waals surface area contributed by atoms with E-state index in [0.29, 0.717) is 35.2 Å². The van der Waals surface area contributed by atoms with Crippen LogP contribution in [0, 0.1) is 0 Å². The van der Waals surface area contributed by atoms with E-state index in [1.165, 1.54) is 22.1 Å². The van der Waals surface area contributed by atoms with Gasteiger partial charge in [-0.25, -0.2) is 0 Å². The normalized spacial score (nSPS) is 18.3. The van der Waals surface area contributed by atoms with Gasteiger partial charge in [-0.15, -0.1) is 11.8 Å². The number of rotatable bonds is 11. The number of methoxy groups -OCH3 is 2. The number of amides is 1. The highest BCUT2D eigenvalue weighted by molar-refractivity contribution is 8.01. The lowest BCUT2D eigenvalue weighted by Crippen LogP contribution is -2.66. The molecule has 0 aromatic heterocycles. The molecular formula is C37H42ClNO5SSi. The molecule has 0 bridgehead atoms. The number of para-hydroxylation sites is 1. The molecule has 2 N–H and O–H groups in total. The summed E-state index contributed by atoms with van der Waals surface area (Å²) in [6.45, 7) is 6.86. The molecule has 46 heavy (non-hydrogen) atoms. The second-order valence-electron chi connectivity index (χ2n) is 12.5. The Kier molecular flexibility index (Phi) is 10.5. The Morgan fingerprint density at radius 3 is 2.09 bits per heavy atom. The zero-order valence-electron chi connectivity index (χ0n) is 27.0. The van der Waals surface area contributed by atoms with Crippen LogP contribution < -0.4 is 25.2 Å². The summed E-state index contributed by atoms with van der Waals surface area (Å²) in [5, 5.41) is 16.0. The van der Waals surface area contributed by atoms with E-state index in [9.17, 15) is 9.90 Å². The largest absolute Gasteiger partial charge is 0.493 e. The lowest BCUT2D eigenvalue weighted by molar-refractivity contribution is -0.119.